The largest absolute Gasteiger partial charge is 0.294 e. The molecular weight excluding hydrogens is 993 g/mol. The average molecular weight is 1020 g/mol. The van der Waals surface area contributed by atoms with Gasteiger partial charge in [-0.15, -0.1) is 0 Å². The highest BCUT2D eigenvalue weighted by Gasteiger charge is 2.18. The zero-order valence-corrected chi connectivity index (χ0v) is 40.0. The van der Waals surface area contributed by atoms with E-state index in [1.807, 2.05) is 48.5 Å². The van der Waals surface area contributed by atoms with E-state index in [0.29, 0.717) is 33.0 Å². The Balaban J connectivity index is 0.865. The van der Waals surface area contributed by atoms with Crippen molar-refractivity contribution in [3.8, 4) is 71.0 Å². The van der Waals surface area contributed by atoms with Crippen molar-refractivity contribution >= 4 is 62.0 Å². The normalized spacial score (nSPS) is 11.1. The highest BCUT2D eigenvalue weighted by molar-refractivity contribution is 7.86. The molecule has 12 nitrogen and oxygen atoms in total. The molecule has 0 amide bonds. The lowest BCUT2D eigenvalue weighted by Crippen LogP contribution is -2.01. The lowest BCUT2D eigenvalue weighted by molar-refractivity contribution is 0.480. The van der Waals surface area contributed by atoms with E-state index in [0.717, 1.165) is 46.5 Å². The molecule has 16 heteroatoms. The molecular formula is C56H30O12S4. The number of benzene rings is 8. The first-order chi connectivity index (χ1) is 34.1. The van der Waals surface area contributed by atoms with Crippen molar-refractivity contribution in [2.24, 2.45) is 0 Å². The summed E-state index contributed by atoms with van der Waals surface area (Å²) in [7, 11) is -18.4. The molecule has 0 radical (unpaired) electrons. The summed E-state index contributed by atoms with van der Waals surface area (Å²) in [4.78, 5) is -1.84. The van der Waals surface area contributed by atoms with Crippen molar-refractivity contribution in [2.45, 2.75) is 19.6 Å². The van der Waals surface area contributed by atoms with Crippen molar-refractivity contribution in [2.75, 3.05) is 0 Å². The van der Waals surface area contributed by atoms with Gasteiger partial charge in [0.1, 0.15) is 0 Å². The molecule has 8 aromatic carbocycles. The SMILES string of the molecule is O=S(=O)(O)c1ccc2c(C#Cc3ccc(C#Cc4ccc(C#CC#Cc5ccc(C#Cc6ccc(C#Cc7cc(S(=O)(=O)O)cc8cc(S(=O)(=O)O)ccc78)cc6)cc5)cc4)cc3)cc(S(=O)(=O)O)cc2c1. The summed E-state index contributed by atoms with van der Waals surface area (Å²) >= 11 is 0. The molecule has 0 fully saturated rings. The van der Waals surface area contributed by atoms with E-state index in [-0.39, 0.29) is 21.9 Å². The molecule has 4 N–H and O–H groups in total. The van der Waals surface area contributed by atoms with Gasteiger partial charge >= 0.3 is 0 Å². The number of hydrogen-bond donors (Lipinski definition) is 4. The first-order valence-electron chi connectivity index (χ1n) is 20.7. The van der Waals surface area contributed by atoms with E-state index in [4.69, 9.17) is 0 Å². The first kappa shape index (κ1) is 49.7. The molecule has 0 saturated heterocycles. The summed E-state index contributed by atoms with van der Waals surface area (Å²) in [5.74, 6) is 35.8. The Morgan fingerprint density at radius 2 is 0.472 bits per heavy atom. The predicted octanol–water partition coefficient (Wildman–Crippen LogP) is 7.98. The maximum absolute atomic E-state index is 11.9. The van der Waals surface area contributed by atoms with Crippen molar-refractivity contribution in [3.63, 3.8) is 0 Å². The van der Waals surface area contributed by atoms with Gasteiger partial charge in [-0.1, -0.05) is 71.3 Å². The van der Waals surface area contributed by atoms with Crippen LogP contribution in [0.4, 0.5) is 0 Å². The molecule has 0 atom stereocenters. The Morgan fingerprint density at radius 1 is 0.250 bits per heavy atom. The van der Waals surface area contributed by atoms with Crippen LogP contribution in [-0.4, -0.2) is 51.9 Å². The summed E-state index contributed by atoms with van der Waals surface area (Å²) in [5.41, 5.74) is 6.01. The summed E-state index contributed by atoms with van der Waals surface area (Å²) < 4.78 is 132. The minimum Gasteiger partial charge on any atom is -0.282 e. The molecule has 0 aliphatic rings. The molecule has 72 heavy (non-hydrogen) atoms. The van der Waals surface area contributed by atoms with Crippen LogP contribution in [-0.2, 0) is 40.5 Å². The maximum Gasteiger partial charge on any atom is 0.294 e. The van der Waals surface area contributed by atoms with Crippen LogP contribution >= 0.6 is 0 Å². The smallest absolute Gasteiger partial charge is 0.282 e. The number of hydrogen-bond acceptors (Lipinski definition) is 8. The topological polar surface area (TPSA) is 217 Å². The fourth-order valence-electron chi connectivity index (χ4n) is 6.79. The van der Waals surface area contributed by atoms with Gasteiger partial charge < -0.3 is 0 Å². The molecule has 8 rings (SSSR count). The monoisotopic (exact) mass is 1020 g/mol. The third-order valence-electron chi connectivity index (χ3n) is 10.4. The predicted molar refractivity (Wildman–Crippen MR) is 271 cm³/mol. The van der Waals surface area contributed by atoms with Crippen LogP contribution in [0.2, 0.25) is 0 Å². The Morgan fingerprint density at radius 3 is 0.722 bits per heavy atom. The zero-order valence-electron chi connectivity index (χ0n) is 36.7. The second-order valence-corrected chi connectivity index (χ2v) is 21.1. The van der Waals surface area contributed by atoms with Gasteiger partial charge in [-0.2, -0.15) is 33.7 Å². The third-order valence-corrected chi connectivity index (χ3v) is 13.7. The molecule has 0 aliphatic carbocycles. The summed E-state index contributed by atoms with van der Waals surface area (Å²) in [6.45, 7) is 0. The molecule has 350 valence electrons. The third kappa shape index (κ3) is 12.7. The van der Waals surface area contributed by atoms with E-state index in [9.17, 15) is 51.9 Å². The number of rotatable bonds is 4. The molecule has 8 aromatic rings. The van der Waals surface area contributed by atoms with Crippen LogP contribution in [0.3, 0.4) is 0 Å². The molecule has 0 aromatic heterocycles. The molecule has 0 bridgehead atoms. The van der Waals surface area contributed by atoms with Gasteiger partial charge in [0.15, 0.2) is 0 Å². The average Bonchev–Trinajstić information content (AvgIpc) is 3.34. The van der Waals surface area contributed by atoms with E-state index in [1.165, 1.54) is 36.4 Å². The Bertz CT molecular complexity index is 4120. The van der Waals surface area contributed by atoms with E-state index < -0.39 is 60.1 Å². The Hall–Kier alpha value is -8.72. The second kappa shape index (κ2) is 20.3. The lowest BCUT2D eigenvalue weighted by atomic mass is 10.0. The Kier molecular flexibility index (Phi) is 14.0. The molecule has 0 spiro atoms. The van der Waals surface area contributed by atoms with Crippen LogP contribution in [0.5, 0.6) is 0 Å². The van der Waals surface area contributed by atoms with Gasteiger partial charge in [0.2, 0.25) is 0 Å². The fourth-order valence-corrected chi connectivity index (χ4v) is 8.91. The minimum atomic E-state index is -4.65. The Labute approximate surface area is 415 Å². The molecule has 0 saturated carbocycles. The van der Waals surface area contributed by atoms with E-state index >= 15 is 0 Å². The van der Waals surface area contributed by atoms with Gasteiger partial charge in [-0.3, -0.25) is 18.2 Å². The summed E-state index contributed by atoms with van der Waals surface area (Å²) in [6, 6.07) is 40.6. The van der Waals surface area contributed by atoms with Crippen LogP contribution in [0.15, 0.2) is 177 Å². The molecule has 0 aliphatic heterocycles. The van der Waals surface area contributed by atoms with Gasteiger partial charge in [0.05, 0.1) is 19.6 Å². The van der Waals surface area contributed by atoms with Crippen molar-refractivity contribution in [3.05, 3.63) is 213 Å². The molecule has 0 unspecified atom stereocenters. The second-order valence-electron chi connectivity index (χ2n) is 15.4. The van der Waals surface area contributed by atoms with Crippen LogP contribution in [0.25, 0.3) is 21.5 Å². The zero-order chi connectivity index (χ0) is 51.3. The van der Waals surface area contributed by atoms with Gasteiger partial charge in [0, 0.05) is 55.6 Å². The first-order valence-corrected chi connectivity index (χ1v) is 26.5. The summed E-state index contributed by atoms with van der Waals surface area (Å²) in [5, 5.41) is 1.11. The van der Waals surface area contributed by atoms with E-state index in [2.05, 4.69) is 71.0 Å². The highest BCUT2D eigenvalue weighted by atomic mass is 32.2. The van der Waals surface area contributed by atoms with Crippen molar-refractivity contribution in [1.82, 2.24) is 0 Å². The lowest BCUT2D eigenvalue weighted by Gasteiger charge is -2.06. The quantitative estimate of drug-likeness (QED) is 0.0975. The maximum atomic E-state index is 11.9. The minimum absolute atomic E-state index is 0.141. The van der Waals surface area contributed by atoms with Crippen LogP contribution in [0.1, 0.15) is 55.6 Å². The molecule has 0 heterocycles. The highest BCUT2D eigenvalue weighted by Crippen LogP contribution is 2.28. The van der Waals surface area contributed by atoms with Gasteiger partial charge in [-0.05, 0) is 179 Å². The van der Waals surface area contributed by atoms with Crippen LogP contribution < -0.4 is 0 Å². The van der Waals surface area contributed by atoms with Crippen molar-refractivity contribution < 1.29 is 51.9 Å². The fraction of sp³-hybridized carbons (Fsp3) is 0. The van der Waals surface area contributed by atoms with E-state index in [1.54, 1.807) is 48.5 Å². The van der Waals surface area contributed by atoms with Gasteiger partial charge in [-0.25, -0.2) is 0 Å². The van der Waals surface area contributed by atoms with Crippen LogP contribution in [0, 0.1) is 71.0 Å². The van der Waals surface area contributed by atoms with Crippen molar-refractivity contribution in [1.29, 1.82) is 0 Å². The summed E-state index contributed by atoms with van der Waals surface area (Å²) in [6.07, 6.45) is 0. The van der Waals surface area contributed by atoms with Gasteiger partial charge in [0.25, 0.3) is 40.5 Å². The standard InChI is InChI=1S/C56H30O12S4/c57-69(58,59)51-29-31-55-47(33-53(71(63,64)65)37-49(55)35-51)27-25-45-21-17-43(18-22-45)15-13-41-9-5-39(6-10-41)3-1-2-4-40-7-11-42(12-8-40)14-16-44-19-23-46(24-20-44)26-28-48-34-54(72(66,67)68)38-50-36-52(70(60,61)62)30-32-56(48)50/h5-12,17-24,29-38H,(H,57,58,59)(H,60,61,62)(H,63,64,65)(H,66,67,68). The number of fused-ring (bicyclic) bond motifs is 2.